The number of H-pyrrole nitrogens is 1. The first kappa shape index (κ1) is 12.2. The molecule has 0 saturated heterocycles. The lowest BCUT2D eigenvalue weighted by Crippen LogP contribution is -2.08. The largest absolute Gasteiger partial charge is 0.417 e. The Morgan fingerprint density at radius 1 is 1.21 bits per heavy atom. The predicted octanol–water partition coefficient (Wildman–Crippen LogP) is 4.11. The van der Waals surface area contributed by atoms with Gasteiger partial charge in [0, 0.05) is 23.4 Å². The van der Waals surface area contributed by atoms with Gasteiger partial charge in [-0.2, -0.15) is 13.2 Å². The lowest BCUT2D eigenvalue weighted by atomic mass is 10.1. The van der Waals surface area contributed by atoms with Crippen molar-refractivity contribution in [3.63, 3.8) is 0 Å². The summed E-state index contributed by atoms with van der Waals surface area (Å²) in [5.74, 6) is -0.301. The van der Waals surface area contributed by atoms with Crippen LogP contribution in [-0.4, -0.2) is 9.97 Å². The highest BCUT2D eigenvalue weighted by Gasteiger charge is 2.35. The van der Waals surface area contributed by atoms with E-state index in [0.29, 0.717) is 5.92 Å². The van der Waals surface area contributed by atoms with E-state index >= 15 is 0 Å². The summed E-state index contributed by atoms with van der Waals surface area (Å²) in [6, 6.07) is 2.40. The minimum absolute atomic E-state index is 0.0636. The molecule has 1 aliphatic carbocycles. The maximum Gasteiger partial charge on any atom is 0.417 e. The second-order valence-corrected chi connectivity index (χ2v) is 4.65. The number of imidazole rings is 1. The van der Waals surface area contributed by atoms with Crippen molar-refractivity contribution in [3.8, 4) is 11.4 Å². The van der Waals surface area contributed by atoms with Crippen molar-refractivity contribution in [1.29, 1.82) is 0 Å². The van der Waals surface area contributed by atoms with Gasteiger partial charge in [0.2, 0.25) is 0 Å². The normalized spacial score (nSPS) is 15.8. The van der Waals surface area contributed by atoms with Crippen LogP contribution in [0.1, 0.15) is 30.0 Å². The number of benzene rings is 1. The van der Waals surface area contributed by atoms with Crippen molar-refractivity contribution >= 4 is 0 Å². The van der Waals surface area contributed by atoms with Crippen molar-refractivity contribution in [2.24, 2.45) is 0 Å². The summed E-state index contributed by atoms with van der Waals surface area (Å²) in [5.41, 5.74) is -0.322. The summed E-state index contributed by atoms with van der Waals surface area (Å²) in [6.07, 6.45) is -0.985. The zero-order valence-electron chi connectivity index (χ0n) is 9.76. The smallest absolute Gasteiger partial charge is 0.342 e. The zero-order chi connectivity index (χ0) is 13.6. The summed E-state index contributed by atoms with van der Waals surface area (Å²) >= 11 is 0. The van der Waals surface area contributed by atoms with Gasteiger partial charge in [0.05, 0.1) is 5.56 Å². The SMILES string of the molecule is Fc1ccc(C(F)(F)F)c(-c2ncc(C3CC3)[nH]2)c1. The Labute approximate surface area is 106 Å². The molecule has 3 rings (SSSR count). The molecule has 1 aromatic heterocycles. The second kappa shape index (κ2) is 4.08. The molecule has 0 atom stereocenters. The first-order valence-electron chi connectivity index (χ1n) is 5.87. The summed E-state index contributed by atoms with van der Waals surface area (Å²) < 4.78 is 51.8. The maximum atomic E-state index is 13.2. The van der Waals surface area contributed by atoms with Gasteiger partial charge in [-0.3, -0.25) is 0 Å². The molecule has 1 heterocycles. The van der Waals surface area contributed by atoms with E-state index in [9.17, 15) is 17.6 Å². The summed E-state index contributed by atoms with van der Waals surface area (Å²) in [4.78, 5) is 6.79. The van der Waals surface area contributed by atoms with E-state index in [1.807, 2.05) is 0 Å². The van der Waals surface area contributed by atoms with E-state index in [-0.39, 0.29) is 11.4 Å². The molecule has 1 fully saturated rings. The van der Waals surface area contributed by atoms with Gasteiger partial charge in [0.15, 0.2) is 0 Å². The number of aromatic nitrogens is 2. The van der Waals surface area contributed by atoms with E-state index < -0.39 is 17.6 Å². The Hall–Kier alpha value is -1.85. The third-order valence-electron chi connectivity index (χ3n) is 3.15. The molecular weight excluding hydrogens is 260 g/mol. The number of nitrogens with zero attached hydrogens (tertiary/aromatic N) is 1. The third-order valence-corrected chi connectivity index (χ3v) is 3.15. The van der Waals surface area contributed by atoms with Gasteiger partial charge in [-0.25, -0.2) is 9.37 Å². The molecule has 1 aromatic carbocycles. The Morgan fingerprint density at radius 3 is 2.58 bits per heavy atom. The van der Waals surface area contributed by atoms with Crippen LogP contribution in [-0.2, 0) is 6.18 Å². The van der Waals surface area contributed by atoms with Crippen LogP contribution in [0.3, 0.4) is 0 Å². The molecule has 2 aromatic rings. The highest BCUT2D eigenvalue weighted by atomic mass is 19.4. The Bertz CT molecular complexity index is 611. The molecular formula is C13H10F4N2. The summed E-state index contributed by atoms with van der Waals surface area (Å²) in [5, 5.41) is 0. The number of hydrogen-bond acceptors (Lipinski definition) is 1. The average molecular weight is 270 g/mol. The van der Waals surface area contributed by atoms with Crippen molar-refractivity contribution < 1.29 is 17.6 Å². The van der Waals surface area contributed by atoms with Crippen LogP contribution < -0.4 is 0 Å². The molecule has 2 nitrogen and oxygen atoms in total. The van der Waals surface area contributed by atoms with Crippen LogP contribution in [0.15, 0.2) is 24.4 Å². The Morgan fingerprint density at radius 2 is 1.95 bits per heavy atom. The van der Waals surface area contributed by atoms with Crippen LogP contribution in [0, 0.1) is 5.82 Å². The topological polar surface area (TPSA) is 28.7 Å². The van der Waals surface area contributed by atoms with Crippen LogP contribution in [0.5, 0.6) is 0 Å². The molecule has 0 bridgehead atoms. The number of aromatic amines is 1. The molecule has 0 amide bonds. The van der Waals surface area contributed by atoms with Gasteiger partial charge in [0.1, 0.15) is 11.6 Å². The van der Waals surface area contributed by atoms with E-state index in [2.05, 4.69) is 9.97 Å². The molecule has 1 aliphatic rings. The highest BCUT2D eigenvalue weighted by molar-refractivity contribution is 5.61. The van der Waals surface area contributed by atoms with E-state index in [1.54, 1.807) is 0 Å². The lowest BCUT2D eigenvalue weighted by Gasteiger charge is -2.11. The average Bonchev–Trinajstić information content (AvgIpc) is 3.05. The minimum atomic E-state index is -4.53. The van der Waals surface area contributed by atoms with Crippen LogP contribution >= 0.6 is 0 Å². The standard InChI is InChI=1S/C13H10F4N2/c14-8-3-4-10(13(15,16)17)9(5-8)12-18-6-11(19-12)7-1-2-7/h3-7H,1-2H2,(H,18,19). The van der Waals surface area contributed by atoms with Crippen molar-refractivity contribution in [2.75, 3.05) is 0 Å². The monoisotopic (exact) mass is 270 g/mol. The van der Waals surface area contributed by atoms with Gasteiger partial charge < -0.3 is 4.98 Å². The van der Waals surface area contributed by atoms with Gasteiger partial charge in [-0.15, -0.1) is 0 Å². The Kier molecular flexibility index (Phi) is 2.62. The van der Waals surface area contributed by atoms with E-state index in [1.165, 1.54) is 6.20 Å². The molecule has 0 radical (unpaired) electrons. The molecule has 0 spiro atoms. The van der Waals surface area contributed by atoms with Crippen LogP contribution in [0.4, 0.5) is 17.6 Å². The fourth-order valence-electron chi connectivity index (χ4n) is 2.03. The third kappa shape index (κ3) is 2.34. The minimum Gasteiger partial charge on any atom is -0.342 e. The van der Waals surface area contributed by atoms with Gasteiger partial charge in [-0.1, -0.05) is 0 Å². The molecule has 0 aliphatic heterocycles. The lowest BCUT2D eigenvalue weighted by molar-refractivity contribution is -0.137. The van der Waals surface area contributed by atoms with Crippen LogP contribution in [0.2, 0.25) is 0 Å². The van der Waals surface area contributed by atoms with Gasteiger partial charge in [0.25, 0.3) is 0 Å². The number of hydrogen-bond donors (Lipinski definition) is 1. The van der Waals surface area contributed by atoms with Crippen molar-refractivity contribution in [1.82, 2.24) is 9.97 Å². The molecule has 19 heavy (non-hydrogen) atoms. The second-order valence-electron chi connectivity index (χ2n) is 4.65. The first-order valence-corrected chi connectivity index (χ1v) is 5.87. The molecule has 0 unspecified atom stereocenters. The maximum absolute atomic E-state index is 13.2. The van der Waals surface area contributed by atoms with Gasteiger partial charge in [-0.05, 0) is 31.0 Å². The van der Waals surface area contributed by atoms with E-state index in [0.717, 1.165) is 36.7 Å². The number of halogens is 4. The number of alkyl halides is 3. The zero-order valence-corrected chi connectivity index (χ0v) is 9.76. The molecule has 1 N–H and O–H groups in total. The Balaban J connectivity index is 2.08. The summed E-state index contributed by atoms with van der Waals surface area (Å²) in [6.45, 7) is 0. The fourth-order valence-corrected chi connectivity index (χ4v) is 2.03. The van der Waals surface area contributed by atoms with Crippen LogP contribution in [0.25, 0.3) is 11.4 Å². The molecule has 1 saturated carbocycles. The number of rotatable bonds is 2. The fraction of sp³-hybridized carbons (Fsp3) is 0.308. The molecule has 100 valence electrons. The highest BCUT2D eigenvalue weighted by Crippen LogP contribution is 2.41. The van der Waals surface area contributed by atoms with Crippen molar-refractivity contribution in [2.45, 2.75) is 24.9 Å². The molecule has 6 heteroatoms. The van der Waals surface area contributed by atoms with Gasteiger partial charge >= 0.3 is 6.18 Å². The van der Waals surface area contributed by atoms with Crippen molar-refractivity contribution in [3.05, 3.63) is 41.5 Å². The first-order chi connectivity index (χ1) is 8.95. The quantitative estimate of drug-likeness (QED) is 0.817. The van der Waals surface area contributed by atoms with E-state index in [4.69, 9.17) is 0 Å². The predicted molar refractivity (Wildman–Crippen MR) is 61.0 cm³/mol. The number of nitrogens with one attached hydrogen (secondary N) is 1. The summed E-state index contributed by atoms with van der Waals surface area (Å²) in [7, 11) is 0.